The first-order valence-electron chi connectivity index (χ1n) is 5.53. The summed E-state index contributed by atoms with van der Waals surface area (Å²) >= 11 is 0. The molecule has 0 unspecified atom stereocenters. The molecule has 0 aliphatic carbocycles. The number of ether oxygens (including phenoxy) is 1. The van der Waals surface area contributed by atoms with E-state index in [4.69, 9.17) is 11.3 Å². The normalized spacial score (nSPS) is 9.59. The van der Waals surface area contributed by atoms with E-state index >= 15 is 0 Å². The van der Waals surface area contributed by atoms with Crippen molar-refractivity contribution < 1.29 is 4.74 Å². The van der Waals surface area contributed by atoms with Crippen molar-refractivity contribution >= 4 is 0 Å². The minimum absolute atomic E-state index is 0.541. The molecule has 2 aromatic carbocycles. The first-order valence-corrected chi connectivity index (χ1v) is 5.53. The molecule has 2 nitrogen and oxygen atoms in total. The van der Waals surface area contributed by atoms with Crippen LogP contribution in [0.3, 0.4) is 0 Å². The molecule has 0 spiro atoms. The Bertz CT molecular complexity index is 497. The van der Waals surface area contributed by atoms with Gasteiger partial charge in [0.05, 0.1) is 0 Å². The van der Waals surface area contributed by atoms with Gasteiger partial charge in [-0.3, -0.25) is 0 Å². The summed E-state index contributed by atoms with van der Waals surface area (Å²) in [5.41, 5.74) is 1.17. The highest BCUT2D eigenvalue weighted by Crippen LogP contribution is 2.21. The van der Waals surface area contributed by atoms with Crippen LogP contribution in [0.2, 0.25) is 0 Å². The van der Waals surface area contributed by atoms with Crippen LogP contribution in [0, 0.1) is 6.57 Å². The monoisotopic (exact) mass is 223 g/mol. The van der Waals surface area contributed by atoms with Crippen LogP contribution in [0.25, 0.3) is 4.85 Å². The highest BCUT2D eigenvalue weighted by atomic mass is 16.5. The average Bonchev–Trinajstić information content (AvgIpc) is 2.39. The molecule has 0 radical (unpaired) electrons. The maximum absolute atomic E-state index is 6.74. The minimum atomic E-state index is 0.541. The zero-order valence-corrected chi connectivity index (χ0v) is 9.47. The Hall–Kier alpha value is -2.27. The van der Waals surface area contributed by atoms with Crippen molar-refractivity contribution in [2.45, 2.75) is 6.42 Å². The molecule has 2 rings (SSSR count). The molecule has 0 saturated heterocycles. The van der Waals surface area contributed by atoms with Crippen LogP contribution >= 0.6 is 0 Å². The molecule has 0 atom stereocenters. The Balaban J connectivity index is 2.01. The number of rotatable bonds is 4. The topological polar surface area (TPSA) is 13.6 Å². The quantitative estimate of drug-likeness (QED) is 0.716. The summed E-state index contributed by atoms with van der Waals surface area (Å²) in [5.74, 6) is 1.66. The van der Waals surface area contributed by atoms with Gasteiger partial charge in [-0.25, -0.2) is 6.57 Å². The van der Waals surface area contributed by atoms with Gasteiger partial charge >= 0.3 is 0 Å². The highest BCUT2D eigenvalue weighted by molar-refractivity contribution is 5.33. The number of para-hydroxylation sites is 1. The molecule has 0 heterocycles. The third-order valence-corrected chi connectivity index (χ3v) is 2.41. The summed E-state index contributed by atoms with van der Waals surface area (Å²) in [6.45, 7) is 7.28. The average molecular weight is 223 g/mol. The van der Waals surface area contributed by atoms with E-state index < -0.39 is 0 Å². The number of hydrogen-bond acceptors (Lipinski definition) is 1. The fourth-order valence-corrected chi connectivity index (χ4v) is 1.53. The van der Waals surface area contributed by atoms with E-state index in [1.165, 1.54) is 5.56 Å². The molecular weight excluding hydrogens is 210 g/mol. The van der Waals surface area contributed by atoms with Gasteiger partial charge in [0.2, 0.25) is 6.54 Å². The highest BCUT2D eigenvalue weighted by Gasteiger charge is 1.98. The van der Waals surface area contributed by atoms with E-state index in [9.17, 15) is 0 Å². The van der Waals surface area contributed by atoms with E-state index in [1.54, 1.807) is 0 Å². The second kappa shape index (κ2) is 5.72. The molecule has 17 heavy (non-hydrogen) atoms. The summed E-state index contributed by atoms with van der Waals surface area (Å²) in [5, 5.41) is 0. The SMILES string of the molecule is [C-]#[N+]CCc1ccc(Oc2ccccc2)cc1. The van der Waals surface area contributed by atoms with Gasteiger partial charge in [-0.05, 0) is 29.8 Å². The second-order valence-electron chi connectivity index (χ2n) is 3.69. The minimum Gasteiger partial charge on any atom is -0.457 e. The lowest BCUT2D eigenvalue weighted by atomic mass is 10.1. The second-order valence-corrected chi connectivity index (χ2v) is 3.69. The van der Waals surface area contributed by atoms with Crippen molar-refractivity contribution in [2.24, 2.45) is 0 Å². The molecule has 2 heteroatoms. The van der Waals surface area contributed by atoms with Gasteiger partial charge < -0.3 is 9.58 Å². The zero-order valence-electron chi connectivity index (χ0n) is 9.47. The molecule has 0 bridgehead atoms. The molecule has 0 aliphatic heterocycles. The summed E-state index contributed by atoms with van der Waals surface area (Å²) in [7, 11) is 0. The smallest absolute Gasteiger partial charge is 0.218 e. The van der Waals surface area contributed by atoms with E-state index in [0.29, 0.717) is 6.54 Å². The molecule has 0 aliphatic rings. The molecule has 0 saturated carbocycles. The van der Waals surface area contributed by atoms with Crippen LogP contribution in [0.4, 0.5) is 0 Å². The van der Waals surface area contributed by atoms with Crippen LogP contribution in [0.15, 0.2) is 54.6 Å². The van der Waals surface area contributed by atoms with Gasteiger partial charge in [0, 0.05) is 6.42 Å². The lowest BCUT2D eigenvalue weighted by Gasteiger charge is -2.05. The van der Waals surface area contributed by atoms with Gasteiger partial charge in [0.15, 0.2) is 0 Å². The standard InChI is InChI=1S/C15H13NO/c1-16-12-11-13-7-9-15(10-8-13)17-14-5-3-2-4-6-14/h2-10H,11-12H2. The van der Waals surface area contributed by atoms with Crippen molar-refractivity contribution in [1.82, 2.24) is 0 Å². The zero-order chi connectivity index (χ0) is 11.9. The van der Waals surface area contributed by atoms with Crippen molar-refractivity contribution in [1.29, 1.82) is 0 Å². The van der Waals surface area contributed by atoms with E-state index in [-0.39, 0.29) is 0 Å². The summed E-state index contributed by atoms with van der Waals surface area (Å²) in [6, 6.07) is 17.6. The van der Waals surface area contributed by atoms with Gasteiger partial charge in [0.25, 0.3) is 0 Å². The summed E-state index contributed by atoms with van der Waals surface area (Å²) < 4.78 is 5.68. The summed E-state index contributed by atoms with van der Waals surface area (Å²) in [6.07, 6.45) is 0.801. The van der Waals surface area contributed by atoms with Gasteiger partial charge in [0.1, 0.15) is 11.5 Å². The Labute approximate surface area is 101 Å². The van der Waals surface area contributed by atoms with Crippen LogP contribution in [0.5, 0.6) is 11.5 Å². The molecule has 0 amide bonds. The number of benzene rings is 2. The summed E-state index contributed by atoms with van der Waals surface area (Å²) in [4.78, 5) is 3.34. The molecule has 0 aromatic heterocycles. The Morgan fingerprint density at radius 2 is 1.53 bits per heavy atom. The van der Waals surface area contributed by atoms with Gasteiger partial charge in [-0.2, -0.15) is 0 Å². The van der Waals surface area contributed by atoms with E-state index in [0.717, 1.165) is 17.9 Å². The molecule has 2 aromatic rings. The van der Waals surface area contributed by atoms with Crippen molar-refractivity contribution in [2.75, 3.05) is 6.54 Å². The van der Waals surface area contributed by atoms with Gasteiger partial charge in [-0.1, -0.05) is 30.3 Å². The van der Waals surface area contributed by atoms with Crippen molar-refractivity contribution in [3.05, 3.63) is 71.6 Å². The third-order valence-electron chi connectivity index (χ3n) is 2.41. The Kier molecular flexibility index (Phi) is 3.77. The Morgan fingerprint density at radius 3 is 2.18 bits per heavy atom. The molecular formula is C15H13NO. The van der Waals surface area contributed by atoms with Crippen molar-refractivity contribution in [3.63, 3.8) is 0 Å². The van der Waals surface area contributed by atoms with Crippen LogP contribution in [-0.2, 0) is 6.42 Å². The first kappa shape index (κ1) is 11.2. The number of nitrogens with zero attached hydrogens (tertiary/aromatic N) is 1. The maximum Gasteiger partial charge on any atom is 0.218 e. The lowest BCUT2D eigenvalue weighted by Crippen LogP contribution is -1.88. The molecule has 0 fully saturated rings. The van der Waals surface area contributed by atoms with E-state index in [1.807, 2.05) is 54.6 Å². The van der Waals surface area contributed by atoms with Crippen LogP contribution < -0.4 is 4.74 Å². The van der Waals surface area contributed by atoms with Crippen molar-refractivity contribution in [3.8, 4) is 11.5 Å². The largest absolute Gasteiger partial charge is 0.457 e. The number of hydrogen-bond donors (Lipinski definition) is 0. The van der Waals surface area contributed by atoms with Crippen LogP contribution in [-0.4, -0.2) is 6.54 Å². The predicted octanol–water partition coefficient (Wildman–Crippen LogP) is 3.94. The molecule has 0 N–H and O–H groups in total. The first-order chi connectivity index (χ1) is 8.38. The van der Waals surface area contributed by atoms with Crippen LogP contribution in [0.1, 0.15) is 5.56 Å². The maximum atomic E-state index is 6.74. The van der Waals surface area contributed by atoms with E-state index in [2.05, 4.69) is 4.85 Å². The molecule has 84 valence electrons. The third kappa shape index (κ3) is 3.35. The fourth-order valence-electron chi connectivity index (χ4n) is 1.53. The Morgan fingerprint density at radius 1 is 0.882 bits per heavy atom. The lowest BCUT2D eigenvalue weighted by molar-refractivity contribution is 0.482. The predicted molar refractivity (Wildman–Crippen MR) is 68.1 cm³/mol. The van der Waals surface area contributed by atoms with Gasteiger partial charge in [-0.15, -0.1) is 0 Å². The fraction of sp³-hybridized carbons (Fsp3) is 0.133.